The van der Waals surface area contributed by atoms with Gasteiger partial charge in [0.1, 0.15) is 36.6 Å². The lowest BCUT2D eigenvalue weighted by molar-refractivity contribution is -0.279. The number of ether oxygens (including phenoxy) is 5. The second kappa shape index (κ2) is 16.7. The van der Waals surface area contributed by atoms with Crippen molar-refractivity contribution in [3.05, 3.63) is 155 Å². The van der Waals surface area contributed by atoms with Crippen molar-refractivity contribution in [2.24, 2.45) is 0 Å². The zero-order valence-electron chi connectivity index (χ0n) is 24.6. The van der Waals surface area contributed by atoms with Gasteiger partial charge in [0.15, 0.2) is 0 Å². The largest absolute Gasteiger partial charge is 0.387 e. The molecular weight excluding hydrogens is 576 g/mol. The van der Waals surface area contributed by atoms with Gasteiger partial charge in [-0.05, 0) is 34.4 Å². The molecule has 0 saturated heterocycles. The highest BCUT2D eigenvalue weighted by Crippen LogP contribution is 2.34. The molecule has 7 heteroatoms. The molecule has 1 aliphatic carbocycles. The van der Waals surface area contributed by atoms with Crippen LogP contribution in [0.2, 0.25) is 5.02 Å². The molecular formula is C37H39ClO6. The summed E-state index contributed by atoms with van der Waals surface area (Å²) in [5.74, 6) is 0. The fourth-order valence-electron chi connectivity index (χ4n) is 5.34. The first-order chi connectivity index (χ1) is 21.6. The van der Waals surface area contributed by atoms with Gasteiger partial charge in [-0.3, -0.25) is 0 Å². The molecule has 0 aliphatic heterocycles. The van der Waals surface area contributed by atoms with E-state index in [1.54, 1.807) is 6.08 Å². The van der Waals surface area contributed by atoms with E-state index < -0.39 is 36.6 Å². The normalized spacial score (nSPS) is 23.3. The van der Waals surface area contributed by atoms with Crippen LogP contribution in [0.3, 0.4) is 0 Å². The number of aliphatic hydroxyl groups excluding tert-OH is 1. The molecule has 0 spiro atoms. The number of hydrogen-bond acceptors (Lipinski definition) is 6. The Bertz CT molecular complexity index is 1390. The minimum Gasteiger partial charge on any atom is -0.387 e. The lowest BCUT2D eigenvalue weighted by atomic mass is 9.83. The van der Waals surface area contributed by atoms with E-state index in [-0.39, 0.29) is 26.4 Å². The zero-order valence-corrected chi connectivity index (χ0v) is 25.4. The van der Waals surface area contributed by atoms with Crippen LogP contribution >= 0.6 is 11.6 Å². The van der Waals surface area contributed by atoms with E-state index in [2.05, 4.69) is 6.58 Å². The molecule has 0 unspecified atom stereocenters. The first kappa shape index (κ1) is 32.1. The molecule has 6 nitrogen and oxygen atoms in total. The summed E-state index contributed by atoms with van der Waals surface area (Å²) in [5, 5.41) is 12.6. The SMILES string of the molecule is C=CCO[C@@H]1[C@@H](OCc2ccccc2)[C@H](OCc2ccc(Cl)cc2)[C@H](OCc2ccccc2)[C@H](O)[C@H]1OCc1ccccc1. The van der Waals surface area contributed by atoms with Crippen LogP contribution in [0.4, 0.5) is 0 Å². The molecule has 1 aliphatic rings. The van der Waals surface area contributed by atoms with Gasteiger partial charge in [-0.2, -0.15) is 0 Å². The summed E-state index contributed by atoms with van der Waals surface area (Å²) in [4.78, 5) is 0. The van der Waals surface area contributed by atoms with E-state index in [0.717, 1.165) is 22.3 Å². The van der Waals surface area contributed by atoms with E-state index in [4.69, 9.17) is 35.3 Å². The van der Waals surface area contributed by atoms with Gasteiger partial charge in [-0.15, -0.1) is 6.58 Å². The molecule has 230 valence electrons. The Morgan fingerprint density at radius 1 is 0.500 bits per heavy atom. The van der Waals surface area contributed by atoms with Crippen LogP contribution in [-0.4, -0.2) is 48.3 Å². The number of hydrogen-bond donors (Lipinski definition) is 1. The Balaban J connectivity index is 1.47. The Morgan fingerprint density at radius 3 is 1.25 bits per heavy atom. The van der Waals surface area contributed by atoms with Crippen molar-refractivity contribution in [2.75, 3.05) is 6.61 Å². The van der Waals surface area contributed by atoms with Gasteiger partial charge in [-0.25, -0.2) is 0 Å². The molecule has 1 saturated carbocycles. The topological polar surface area (TPSA) is 66.4 Å². The first-order valence-electron chi connectivity index (χ1n) is 14.9. The van der Waals surface area contributed by atoms with Gasteiger partial charge in [0, 0.05) is 5.02 Å². The predicted octanol–water partition coefficient (Wildman–Crippen LogP) is 6.93. The molecule has 0 aromatic heterocycles. The van der Waals surface area contributed by atoms with Crippen LogP contribution in [0.25, 0.3) is 0 Å². The Morgan fingerprint density at radius 2 is 0.841 bits per heavy atom. The maximum absolute atomic E-state index is 12.0. The average Bonchev–Trinajstić information content (AvgIpc) is 3.07. The second-order valence-corrected chi connectivity index (χ2v) is 11.2. The molecule has 1 N–H and O–H groups in total. The lowest BCUT2D eigenvalue weighted by Crippen LogP contribution is -2.66. The molecule has 0 amide bonds. The molecule has 1 fully saturated rings. The van der Waals surface area contributed by atoms with Crippen molar-refractivity contribution < 1.29 is 28.8 Å². The number of rotatable bonds is 15. The number of benzene rings is 4. The monoisotopic (exact) mass is 614 g/mol. The molecule has 5 rings (SSSR count). The summed E-state index contributed by atoms with van der Waals surface area (Å²) in [6.45, 7) is 5.22. The standard InChI is InChI=1S/C37H39ClO6/c1-2-22-40-35-33(41-23-27-12-6-3-7-13-27)32(39)34(42-24-28-14-8-4-9-15-28)36(43-26-30-18-20-31(38)21-19-30)37(35)44-25-29-16-10-5-11-17-29/h2-21,32-37,39H,1,22-26H2/t32-,33-,34-,35+,36-,37-/m1/s1. The van der Waals surface area contributed by atoms with Gasteiger partial charge in [0.25, 0.3) is 0 Å². The minimum absolute atomic E-state index is 0.243. The Hall–Kier alpha value is -3.33. The highest BCUT2D eigenvalue weighted by molar-refractivity contribution is 6.30. The summed E-state index contributed by atoms with van der Waals surface area (Å²) < 4.78 is 32.5. The summed E-state index contributed by atoms with van der Waals surface area (Å²) >= 11 is 6.13. The van der Waals surface area contributed by atoms with Crippen molar-refractivity contribution in [2.45, 2.75) is 63.1 Å². The molecule has 4 aromatic rings. The molecule has 0 heterocycles. The fourth-order valence-corrected chi connectivity index (χ4v) is 5.47. The van der Waals surface area contributed by atoms with Crippen molar-refractivity contribution in [3.63, 3.8) is 0 Å². The van der Waals surface area contributed by atoms with Crippen molar-refractivity contribution in [1.29, 1.82) is 0 Å². The molecule has 44 heavy (non-hydrogen) atoms. The first-order valence-corrected chi connectivity index (χ1v) is 15.2. The summed E-state index contributed by atoms with van der Waals surface area (Å²) in [6.07, 6.45) is -2.98. The van der Waals surface area contributed by atoms with E-state index in [1.165, 1.54) is 0 Å². The van der Waals surface area contributed by atoms with Crippen molar-refractivity contribution in [3.8, 4) is 0 Å². The van der Waals surface area contributed by atoms with E-state index in [9.17, 15) is 5.11 Å². The second-order valence-electron chi connectivity index (χ2n) is 10.8. The Kier molecular flexibility index (Phi) is 12.1. The van der Waals surface area contributed by atoms with Crippen molar-refractivity contribution in [1.82, 2.24) is 0 Å². The van der Waals surface area contributed by atoms with Gasteiger partial charge >= 0.3 is 0 Å². The van der Waals surface area contributed by atoms with Crippen LogP contribution in [0, 0.1) is 0 Å². The van der Waals surface area contributed by atoms with Gasteiger partial charge in [0.05, 0.1) is 33.0 Å². The predicted molar refractivity (Wildman–Crippen MR) is 171 cm³/mol. The molecule has 4 aromatic carbocycles. The van der Waals surface area contributed by atoms with E-state index >= 15 is 0 Å². The smallest absolute Gasteiger partial charge is 0.116 e. The van der Waals surface area contributed by atoms with Crippen LogP contribution in [0.15, 0.2) is 128 Å². The summed E-state index contributed by atoms with van der Waals surface area (Å²) in [6, 6.07) is 37.1. The van der Waals surface area contributed by atoms with Crippen LogP contribution < -0.4 is 0 Å². The van der Waals surface area contributed by atoms with E-state index in [0.29, 0.717) is 11.6 Å². The number of halogens is 1. The molecule has 0 bridgehead atoms. The fraction of sp³-hybridized carbons (Fsp3) is 0.297. The third-order valence-corrected chi connectivity index (χ3v) is 7.84. The molecule has 6 atom stereocenters. The highest BCUT2D eigenvalue weighted by Gasteiger charge is 2.54. The van der Waals surface area contributed by atoms with E-state index in [1.807, 2.05) is 115 Å². The Labute approximate surface area is 264 Å². The number of aliphatic hydroxyl groups is 1. The summed E-state index contributed by atoms with van der Waals surface area (Å²) in [5.41, 5.74) is 3.89. The maximum atomic E-state index is 12.0. The highest BCUT2D eigenvalue weighted by atomic mass is 35.5. The third kappa shape index (κ3) is 8.87. The van der Waals surface area contributed by atoms with Crippen LogP contribution in [0.5, 0.6) is 0 Å². The zero-order chi connectivity index (χ0) is 30.6. The lowest BCUT2D eigenvalue weighted by Gasteiger charge is -2.48. The third-order valence-electron chi connectivity index (χ3n) is 7.59. The van der Waals surface area contributed by atoms with Crippen molar-refractivity contribution >= 4 is 11.6 Å². The van der Waals surface area contributed by atoms with Crippen LogP contribution in [0.1, 0.15) is 22.3 Å². The quantitative estimate of drug-likeness (QED) is 0.147. The van der Waals surface area contributed by atoms with Crippen LogP contribution in [-0.2, 0) is 50.1 Å². The maximum Gasteiger partial charge on any atom is 0.116 e. The van der Waals surface area contributed by atoms with Gasteiger partial charge < -0.3 is 28.8 Å². The van der Waals surface area contributed by atoms with Gasteiger partial charge in [-0.1, -0.05) is 121 Å². The average molecular weight is 615 g/mol. The minimum atomic E-state index is -1.08. The summed E-state index contributed by atoms with van der Waals surface area (Å²) in [7, 11) is 0. The van der Waals surface area contributed by atoms with Gasteiger partial charge in [0.2, 0.25) is 0 Å². The molecule has 0 radical (unpaired) electrons.